The first-order valence-electron chi connectivity index (χ1n) is 11.0. The predicted molar refractivity (Wildman–Crippen MR) is 131 cm³/mol. The molecule has 32 heavy (non-hydrogen) atoms. The van der Waals surface area contributed by atoms with Crippen LogP contribution in [0.1, 0.15) is 36.7 Å². The van der Waals surface area contributed by atoms with E-state index >= 15 is 0 Å². The second kappa shape index (κ2) is 11.1. The number of hydrogen-bond acceptors (Lipinski definition) is 3. The molecule has 166 valence electrons. The van der Waals surface area contributed by atoms with E-state index in [0.29, 0.717) is 23.7 Å². The third-order valence-corrected chi connectivity index (χ3v) is 5.37. The van der Waals surface area contributed by atoms with Crippen molar-refractivity contribution in [2.24, 2.45) is 0 Å². The van der Waals surface area contributed by atoms with Crippen LogP contribution in [-0.4, -0.2) is 30.4 Å². The Morgan fingerprint density at radius 1 is 0.844 bits per heavy atom. The van der Waals surface area contributed by atoms with Gasteiger partial charge in [0.2, 0.25) is 5.91 Å². The van der Waals surface area contributed by atoms with Gasteiger partial charge in [0.05, 0.1) is 0 Å². The number of nitrogens with zero attached hydrogens (tertiary/aromatic N) is 1. The van der Waals surface area contributed by atoms with Crippen LogP contribution in [0.3, 0.4) is 0 Å². The molecular weight excluding hydrogens is 398 g/mol. The molecule has 2 amide bonds. The van der Waals surface area contributed by atoms with Gasteiger partial charge in [-0.15, -0.1) is 0 Å². The molecule has 1 unspecified atom stereocenters. The summed E-state index contributed by atoms with van der Waals surface area (Å²) in [6.07, 6.45) is 0.403. The van der Waals surface area contributed by atoms with E-state index in [1.54, 1.807) is 24.3 Å². The van der Waals surface area contributed by atoms with Crippen molar-refractivity contribution in [3.63, 3.8) is 0 Å². The van der Waals surface area contributed by atoms with Crippen LogP contribution in [0.15, 0.2) is 84.9 Å². The smallest absolute Gasteiger partial charge is 0.251 e. The summed E-state index contributed by atoms with van der Waals surface area (Å²) >= 11 is 0. The number of carbonyl (C=O) groups is 2. The van der Waals surface area contributed by atoms with Gasteiger partial charge in [0.1, 0.15) is 6.04 Å². The lowest BCUT2D eigenvalue weighted by atomic mass is 10.0. The minimum absolute atomic E-state index is 0.248. The van der Waals surface area contributed by atoms with E-state index in [1.807, 2.05) is 60.7 Å². The Morgan fingerprint density at radius 3 is 2.00 bits per heavy atom. The molecule has 0 bridgehead atoms. The SMILES string of the molecule is CCN(c1ccc(NC(=O)C(Cc2ccccc2)NC(=O)c2ccccc2)cc1)C(C)C. The standard InChI is InChI=1S/C27H31N3O2/c1-4-30(20(2)3)24-17-15-23(16-18-24)28-27(32)25(19-21-11-7-5-8-12-21)29-26(31)22-13-9-6-10-14-22/h5-18,20,25H,4,19H2,1-3H3,(H,28,32)(H,29,31). The number of carbonyl (C=O) groups excluding carboxylic acids is 2. The molecule has 0 aromatic heterocycles. The third-order valence-electron chi connectivity index (χ3n) is 5.37. The summed E-state index contributed by atoms with van der Waals surface area (Å²) in [5.41, 5.74) is 3.31. The predicted octanol–water partition coefficient (Wildman–Crippen LogP) is 4.90. The fourth-order valence-corrected chi connectivity index (χ4v) is 3.70. The first-order valence-corrected chi connectivity index (χ1v) is 11.0. The van der Waals surface area contributed by atoms with Crippen molar-refractivity contribution in [1.82, 2.24) is 5.32 Å². The quantitative estimate of drug-likeness (QED) is 0.509. The summed E-state index contributed by atoms with van der Waals surface area (Å²) < 4.78 is 0. The molecule has 3 rings (SSSR count). The zero-order valence-corrected chi connectivity index (χ0v) is 18.9. The zero-order valence-electron chi connectivity index (χ0n) is 18.9. The Balaban J connectivity index is 1.75. The van der Waals surface area contributed by atoms with Gasteiger partial charge in [-0.2, -0.15) is 0 Å². The van der Waals surface area contributed by atoms with Gasteiger partial charge >= 0.3 is 0 Å². The molecule has 5 heteroatoms. The van der Waals surface area contributed by atoms with E-state index in [4.69, 9.17) is 0 Å². The zero-order chi connectivity index (χ0) is 22.9. The van der Waals surface area contributed by atoms with Crippen LogP contribution in [0.25, 0.3) is 0 Å². The Labute approximate surface area is 190 Å². The van der Waals surface area contributed by atoms with Crippen LogP contribution in [0.2, 0.25) is 0 Å². The number of anilines is 2. The number of benzene rings is 3. The normalized spacial score (nSPS) is 11.6. The average Bonchev–Trinajstić information content (AvgIpc) is 2.81. The van der Waals surface area contributed by atoms with Crippen molar-refractivity contribution in [2.75, 3.05) is 16.8 Å². The van der Waals surface area contributed by atoms with Crippen molar-refractivity contribution in [3.8, 4) is 0 Å². The highest BCUT2D eigenvalue weighted by molar-refractivity contribution is 6.01. The first-order chi connectivity index (χ1) is 15.5. The van der Waals surface area contributed by atoms with Crippen molar-refractivity contribution >= 4 is 23.2 Å². The van der Waals surface area contributed by atoms with Gasteiger partial charge in [-0.25, -0.2) is 0 Å². The molecule has 0 radical (unpaired) electrons. The molecule has 2 N–H and O–H groups in total. The van der Waals surface area contributed by atoms with Gasteiger partial charge in [0, 0.05) is 35.9 Å². The van der Waals surface area contributed by atoms with E-state index < -0.39 is 6.04 Å². The van der Waals surface area contributed by atoms with Gasteiger partial charge in [-0.1, -0.05) is 48.5 Å². The van der Waals surface area contributed by atoms with Crippen LogP contribution in [0, 0.1) is 0 Å². The van der Waals surface area contributed by atoms with Gasteiger partial charge in [-0.05, 0) is 62.7 Å². The fraction of sp³-hybridized carbons (Fsp3) is 0.259. The Hall–Kier alpha value is -3.60. The van der Waals surface area contributed by atoms with E-state index in [9.17, 15) is 9.59 Å². The van der Waals surface area contributed by atoms with E-state index in [0.717, 1.165) is 17.8 Å². The highest BCUT2D eigenvalue weighted by Gasteiger charge is 2.22. The number of hydrogen-bond donors (Lipinski definition) is 2. The summed E-state index contributed by atoms with van der Waals surface area (Å²) in [5, 5.41) is 5.86. The lowest BCUT2D eigenvalue weighted by Gasteiger charge is -2.27. The molecule has 0 heterocycles. The molecule has 0 saturated heterocycles. The third kappa shape index (κ3) is 6.20. The monoisotopic (exact) mass is 429 g/mol. The van der Waals surface area contributed by atoms with Gasteiger partial charge in [0.15, 0.2) is 0 Å². The Morgan fingerprint density at radius 2 is 1.44 bits per heavy atom. The summed E-state index contributed by atoms with van der Waals surface area (Å²) in [6, 6.07) is 26.1. The molecule has 3 aromatic rings. The average molecular weight is 430 g/mol. The first kappa shape index (κ1) is 23.1. The van der Waals surface area contributed by atoms with Crippen LogP contribution in [0.5, 0.6) is 0 Å². The number of rotatable bonds is 9. The van der Waals surface area contributed by atoms with Crippen molar-refractivity contribution in [2.45, 2.75) is 39.3 Å². The van der Waals surface area contributed by atoms with E-state index in [1.165, 1.54) is 0 Å². The van der Waals surface area contributed by atoms with Crippen molar-refractivity contribution < 1.29 is 9.59 Å². The highest BCUT2D eigenvalue weighted by Crippen LogP contribution is 2.20. The van der Waals surface area contributed by atoms with Crippen LogP contribution < -0.4 is 15.5 Å². The Kier molecular flexibility index (Phi) is 8.03. The lowest BCUT2D eigenvalue weighted by Crippen LogP contribution is -2.45. The van der Waals surface area contributed by atoms with E-state index in [-0.39, 0.29) is 11.8 Å². The summed E-state index contributed by atoms with van der Waals surface area (Å²) in [6.45, 7) is 7.35. The molecule has 0 saturated carbocycles. The molecule has 0 fully saturated rings. The minimum Gasteiger partial charge on any atom is -0.369 e. The van der Waals surface area contributed by atoms with E-state index in [2.05, 4.69) is 36.3 Å². The second-order valence-corrected chi connectivity index (χ2v) is 8.00. The summed E-state index contributed by atoms with van der Waals surface area (Å²) in [7, 11) is 0. The topological polar surface area (TPSA) is 61.4 Å². The lowest BCUT2D eigenvalue weighted by molar-refractivity contribution is -0.118. The maximum Gasteiger partial charge on any atom is 0.251 e. The van der Waals surface area contributed by atoms with Crippen LogP contribution in [-0.2, 0) is 11.2 Å². The molecule has 1 atom stereocenters. The summed E-state index contributed by atoms with van der Waals surface area (Å²) in [4.78, 5) is 28.1. The molecular formula is C27H31N3O2. The van der Waals surface area contributed by atoms with Gasteiger partial charge in [0.25, 0.3) is 5.91 Å². The van der Waals surface area contributed by atoms with Gasteiger partial charge in [-0.3, -0.25) is 9.59 Å². The van der Waals surface area contributed by atoms with Crippen LogP contribution >= 0.6 is 0 Å². The van der Waals surface area contributed by atoms with Crippen LogP contribution in [0.4, 0.5) is 11.4 Å². The Bertz CT molecular complexity index is 1000. The number of nitrogens with one attached hydrogen (secondary N) is 2. The molecule has 0 spiro atoms. The number of amides is 2. The van der Waals surface area contributed by atoms with Crippen molar-refractivity contribution in [3.05, 3.63) is 96.1 Å². The summed E-state index contributed by atoms with van der Waals surface area (Å²) in [5.74, 6) is -0.519. The van der Waals surface area contributed by atoms with Gasteiger partial charge < -0.3 is 15.5 Å². The molecule has 0 aliphatic heterocycles. The minimum atomic E-state index is -0.701. The molecule has 0 aliphatic rings. The molecule has 3 aromatic carbocycles. The molecule has 5 nitrogen and oxygen atoms in total. The highest BCUT2D eigenvalue weighted by atomic mass is 16.2. The second-order valence-electron chi connectivity index (χ2n) is 8.00. The fourth-order valence-electron chi connectivity index (χ4n) is 3.70. The van der Waals surface area contributed by atoms with Crippen molar-refractivity contribution in [1.29, 1.82) is 0 Å². The largest absolute Gasteiger partial charge is 0.369 e. The molecule has 0 aliphatic carbocycles. The maximum atomic E-state index is 13.1. The maximum absolute atomic E-state index is 13.1.